The summed E-state index contributed by atoms with van der Waals surface area (Å²) in [5, 5.41) is 3.22. The van der Waals surface area contributed by atoms with Gasteiger partial charge in [0.25, 0.3) is 0 Å². The molecule has 98 valence electrons. The number of hydrogen-bond acceptors (Lipinski definition) is 3. The van der Waals surface area contributed by atoms with Gasteiger partial charge in [-0.25, -0.2) is 0 Å². The van der Waals surface area contributed by atoms with Crippen molar-refractivity contribution in [1.29, 1.82) is 0 Å². The number of amides is 1. The second-order valence-electron chi connectivity index (χ2n) is 5.63. The van der Waals surface area contributed by atoms with Gasteiger partial charge in [0.2, 0.25) is 5.91 Å². The zero-order valence-electron chi connectivity index (χ0n) is 11.0. The number of carbonyl (C=O) groups excluding carboxylic acids is 1. The maximum Gasteiger partial charge on any atom is 0.239 e. The Morgan fingerprint density at radius 1 is 1.41 bits per heavy atom. The maximum atomic E-state index is 11.8. The van der Waals surface area contributed by atoms with Gasteiger partial charge in [-0.2, -0.15) is 0 Å². The molecule has 0 bridgehead atoms. The van der Waals surface area contributed by atoms with Crippen molar-refractivity contribution in [2.24, 2.45) is 17.6 Å². The summed E-state index contributed by atoms with van der Waals surface area (Å²) in [7, 11) is 1.87. The van der Waals surface area contributed by atoms with Crippen LogP contribution in [-0.4, -0.2) is 43.0 Å². The summed E-state index contributed by atoms with van der Waals surface area (Å²) in [6.07, 6.45) is 4.96. The molecule has 0 saturated heterocycles. The standard InChI is InChI=1S/C13H25N3O/c1-3-16(8-10-4-5-10)9-13(15-2,12(14)17)11-6-7-11/h10-11,15H,3-9H2,1-2H3,(H2,14,17). The van der Waals surface area contributed by atoms with Crippen molar-refractivity contribution < 1.29 is 4.79 Å². The van der Waals surface area contributed by atoms with Gasteiger partial charge in [-0.3, -0.25) is 4.79 Å². The van der Waals surface area contributed by atoms with Crippen LogP contribution in [0.5, 0.6) is 0 Å². The summed E-state index contributed by atoms with van der Waals surface area (Å²) in [5.74, 6) is 1.12. The Balaban J connectivity index is 2.01. The van der Waals surface area contributed by atoms with Crippen molar-refractivity contribution >= 4 is 5.91 Å². The number of primary amides is 1. The summed E-state index contributed by atoms with van der Waals surface area (Å²) in [6, 6.07) is 0. The summed E-state index contributed by atoms with van der Waals surface area (Å²) in [6.45, 7) is 5.06. The van der Waals surface area contributed by atoms with Gasteiger partial charge in [-0.1, -0.05) is 6.92 Å². The van der Waals surface area contributed by atoms with Crippen molar-refractivity contribution in [2.45, 2.75) is 38.1 Å². The van der Waals surface area contributed by atoms with Crippen molar-refractivity contribution in [3.63, 3.8) is 0 Å². The fourth-order valence-electron chi connectivity index (χ4n) is 2.71. The molecular weight excluding hydrogens is 214 g/mol. The molecule has 0 aromatic carbocycles. The highest BCUT2D eigenvalue weighted by Gasteiger charge is 2.49. The van der Waals surface area contributed by atoms with Gasteiger partial charge in [0, 0.05) is 13.1 Å². The zero-order valence-corrected chi connectivity index (χ0v) is 11.0. The smallest absolute Gasteiger partial charge is 0.239 e. The molecule has 2 aliphatic rings. The average molecular weight is 239 g/mol. The number of carbonyl (C=O) groups is 1. The summed E-state index contributed by atoms with van der Waals surface area (Å²) in [4.78, 5) is 14.2. The molecule has 0 aromatic rings. The highest BCUT2D eigenvalue weighted by atomic mass is 16.1. The van der Waals surface area contributed by atoms with Crippen LogP contribution >= 0.6 is 0 Å². The van der Waals surface area contributed by atoms with E-state index in [9.17, 15) is 4.79 Å². The second-order valence-corrected chi connectivity index (χ2v) is 5.63. The fourth-order valence-corrected chi connectivity index (χ4v) is 2.71. The van der Waals surface area contributed by atoms with Crippen molar-refractivity contribution in [1.82, 2.24) is 10.2 Å². The minimum Gasteiger partial charge on any atom is -0.368 e. The first-order valence-electron chi connectivity index (χ1n) is 6.83. The quantitative estimate of drug-likeness (QED) is 0.651. The van der Waals surface area contributed by atoms with E-state index in [1.807, 2.05) is 7.05 Å². The van der Waals surface area contributed by atoms with Crippen molar-refractivity contribution in [3.05, 3.63) is 0 Å². The van der Waals surface area contributed by atoms with E-state index in [2.05, 4.69) is 17.1 Å². The van der Waals surface area contributed by atoms with Crippen LogP contribution in [0.25, 0.3) is 0 Å². The highest BCUT2D eigenvalue weighted by molar-refractivity contribution is 5.86. The van der Waals surface area contributed by atoms with Crippen LogP contribution < -0.4 is 11.1 Å². The number of rotatable bonds is 8. The zero-order chi connectivity index (χ0) is 12.5. The van der Waals surface area contributed by atoms with E-state index >= 15 is 0 Å². The minimum absolute atomic E-state index is 0.184. The molecule has 1 atom stereocenters. The monoisotopic (exact) mass is 239 g/mol. The molecule has 2 fully saturated rings. The van der Waals surface area contributed by atoms with E-state index in [-0.39, 0.29) is 5.91 Å². The van der Waals surface area contributed by atoms with Gasteiger partial charge in [0.1, 0.15) is 5.54 Å². The topological polar surface area (TPSA) is 58.4 Å². The summed E-state index contributed by atoms with van der Waals surface area (Å²) in [5.41, 5.74) is 5.15. The van der Waals surface area contributed by atoms with Crippen LogP contribution in [0, 0.1) is 11.8 Å². The molecule has 2 saturated carbocycles. The molecule has 0 heterocycles. The van der Waals surface area contributed by atoms with Crippen LogP contribution in [0.4, 0.5) is 0 Å². The van der Waals surface area contributed by atoms with Gasteiger partial charge < -0.3 is 16.0 Å². The molecule has 1 unspecified atom stereocenters. The van der Waals surface area contributed by atoms with Gasteiger partial charge >= 0.3 is 0 Å². The Bertz CT molecular complexity index is 286. The van der Waals surface area contributed by atoms with Crippen LogP contribution in [0.1, 0.15) is 32.6 Å². The van der Waals surface area contributed by atoms with Gasteiger partial charge in [-0.15, -0.1) is 0 Å². The Kier molecular flexibility index (Phi) is 3.73. The van der Waals surface area contributed by atoms with Crippen molar-refractivity contribution in [3.8, 4) is 0 Å². The molecule has 3 N–H and O–H groups in total. The Morgan fingerprint density at radius 3 is 2.41 bits per heavy atom. The normalized spacial score (nSPS) is 23.7. The minimum atomic E-state index is -0.495. The van der Waals surface area contributed by atoms with Crippen LogP contribution in [0.3, 0.4) is 0 Å². The van der Waals surface area contributed by atoms with E-state index in [0.29, 0.717) is 5.92 Å². The second kappa shape index (κ2) is 4.94. The number of likely N-dealkylation sites (N-methyl/N-ethyl adjacent to an activating group) is 2. The molecule has 17 heavy (non-hydrogen) atoms. The fraction of sp³-hybridized carbons (Fsp3) is 0.923. The maximum absolute atomic E-state index is 11.8. The Hall–Kier alpha value is -0.610. The van der Waals surface area contributed by atoms with Crippen LogP contribution in [-0.2, 0) is 4.79 Å². The van der Waals surface area contributed by atoms with Crippen LogP contribution in [0.15, 0.2) is 0 Å². The van der Waals surface area contributed by atoms with Crippen molar-refractivity contribution in [2.75, 3.05) is 26.7 Å². The lowest BCUT2D eigenvalue weighted by molar-refractivity contribution is -0.126. The van der Waals surface area contributed by atoms with E-state index in [0.717, 1.165) is 38.4 Å². The van der Waals surface area contributed by atoms with E-state index in [1.54, 1.807) is 0 Å². The number of nitrogens with zero attached hydrogens (tertiary/aromatic N) is 1. The van der Waals surface area contributed by atoms with Gasteiger partial charge in [0.15, 0.2) is 0 Å². The lowest BCUT2D eigenvalue weighted by atomic mass is 9.91. The SMILES string of the molecule is CCN(CC1CC1)CC(NC)(C(N)=O)C1CC1. The average Bonchev–Trinajstić information content (AvgIpc) is 3.15. The number of hydrogen-bond donors (Lipinski definition) is 2. The summed E-state index contributed by atoms with van der Waals surface area (Å²) >= 11 is 0. The molecule has 2 aliphatic carbocycles. The third-order valence-electron chi connectivity index (χ3n) is 4.29. The molecule has 0 radical (unpaired) electrons. The third-order valence-corrected chi connectivity index (χ3v) is 4.29. The predicted molar refractivity (Wildman–Crippen MR) is 68.5 cm³/mol. The molecule has 1 amide bonds. The van der Waals surface area contributed by atoms with Crippen LogP contribution in [0.2, 0.25) is 0 Å². The number of nitrogens with two attached hydrogens (primary N) is 1. The summed E-state index contributed by atoms with van der Waals surface area (Å²) < 4.78 is 0. The van der Waals surface area contributed by atoms with E-state index in [1.165, 1.54) is 12.8 Å². The molecular formula is C13H25N3O. The Labute approximate surface area is 104 Å². The highest BCUT2D eigenvalue weighted by Crippen LogP contribution is 2.40. The molecule has 4 nitrogen and oxygen atoms in total. The molecule has 0 spiro atoms. The third kappa shape index (κ3) is 2.80. The van der Waals surface area contributed by atoms with E-state index in [4.69, 9.17) is 5.73 Å². The predicted octanol–water partition coefficient (Wildman–Crippen LogP) is 0.572. The molecule has 0 aliphatic heterocycles. The molecule has 4 heteroatoms. The number of nitrogens with one attached hydrogen (secondary N) is 1. The van der Waals surface area contributed by atoms with E-state index < -0.39 is 5.54 Å². The molecule has 2 rings (SSSR count). The lowest BCUT2D eigenvalue weighted by Crippen LogP contribution is -2.62. The first kappa shape index (κ1) is 12.8. The first-order valence-corrected chi connectivity index (χ1v) is 6.83. The Morgan fingerprint density at radius 2 is 2.06 bits per heavy atom. The van der Waals surface area contributed by atoms with Gasteiger partial charge in [0.05, 0.1) is 0 Å². The largest absolute Gasteiger partial charge is 0.368 e. The van der Waals surface area contributed by atoms with Gasteiger partial charge in [-0.05, 0) is 51.1 Å². The first-order chi connectivity index (χ1) is 8.12. The lowest BCUT2D eigenvalue weighted by Gasteiger charge is -2.36. The molecule has 0 aromatic heterocycles.